The molecule has 2 aliphatic rings. The number of hydrogen-bond donors (Lipinski definition) is 0. The van der Waals surface area contributed by atoms with Gasteiger partial charge in [-0.25, -0.2) is 0 Å². The molecular weight excluding hydrogens is 304 g/mol. The first kappa shape index (κ1) is 14.9. The van der Waals surface area contributed by atoms with E-state index in [1.807, 2.05) is 18.2 Å². The molecule has 0 fully saturated rings. The number of pyridine rings is 1. The van der Waals surface area contributed by atoms with Gasteiger partial charge in [-0.1, -0.05) is 0 Å². The summed E-state index contributed by atoms with van der Waals surface area (Å²) in [4.78, 5) is 18.8. The second-order valence-corrected chi connectivity index (χ2v) is 6.25. The van der Waals surface area contributed by atoms with Crippen molar-refractivity contribution in [3.05, 3.63) is 59.1 Å². The van der Waals surface area contributed by atoms with Crippen LogP contribution in [0.25, 0.3) is 6.08 Å². The highest BCUT2D eigenvalue weighted by atomic mass is 16.5. The SMILES string of the molecule is CC(C)N1COc2ccc3c(c2C1)O/C(=C\c1ccncc1)C3=O. The van der Waals surface area contributed by atoms with Crippen molar-refractivity contribution < 1.29 is 14.3 Å². The van der Waals surface area contributed by atoms with Gasteiger partial charge >= 0.3 is 0 Å². The van der Waals surface area contributed by atoms with E-state index >= 15 is 0 Å². The van der Waals surface area contributed by atoms with Crippen LogP contribution in [-0.4, -0.2) is 28.4 Å². The van der Waals surface area contributed by atoms with E-state index in [2.05, 4.69) is 23.7 Å². The molecular formula is C19H18N2O3. The summed E-state index contributed by atoms with van der Waals surface area (Å²) in [6.07, 6.45) is 5.13. The molecule has 5 nitrogen and oxygen atoms in total. The monoisotopic (exact) mass is 322 g/mol. The van der Waals surface area contributed by atoms with E-state index in [0.717, 1.165) is 16.9 Å². The Bertz CT molecular complexity index is 828. The molecule has 0 atom stereocenters. The molecule has 0 saturated heterocycles. The van der Waals surface area contributed by atoms with Crippen LogP contribution in [-0.2, 0) is 6.54 Å². The number of ether oxygens (including phenoxy) is 2. The van der Waals surface area contributed by atoms with E-state index in [1.165, 1.54) is 0 Å². The zero-order valence-corrected chi connectivity index (χ0v) is 13.7. The second kappa shape index (κ2) is 5.76. The van der Waals surface area contributed by atoms with Crippen LogP contribution in [0.5, 0.6) is 11.5 Å². The minimum Gasteiger partial charge on any atom is -0.478 e. The first-order chi connectivity index (χ1) is 11.6. The van der Waals surface area contributed by atoms with Crippen LogP contribution in [0.3, 0.4) is 0 Å². The van der Waals surface area contributed by atoms with Gasteiger partial charge in [0.05, 0.1) is 11.1 Å². The van der Waals surface area contributed by atoms with Gasteiger partial charge in [-0.15, -0.1) is 0 Å². The van der Waals surface area contributed by atoms with Gasteiger partial charge in [-0.2, -0.15) is 0 Å². The lowest BCUT2D eigenvalue weighted by Gasteiger charge is -2.32. The molecule has 122 valence electrons. The Hall–Kier alpha value is -2.66. The van der Waals surface area contributed by atoms with Crippen LogP contribution in [0, 0.1) is 0 Å². The molecule has 0 aliphatic carbocycles. The molecule has 1 aromatic carbocycles. The lowest BCUT2D eigenvalue weighted by Crippen LogP contribution is -2.37. The van der Waals surface area contributed by atoms with Gasteiger partial charge in [-0.3, -0.25) is 14.7 Å². The maximum absolute atomic E-state index is 12.6. The molecule has 0 radical (unpaired) electrons. The molecule has 4 rings (SSSR count). The average Bonchev–Trinajstić information content (AvgIpc) is 2.92. The Morgan fingerprint density at radius 1 is 1.21 bits per heavy atom. The summed E-state index contributed by atoms with van der Waals surface area (Å²) in [7, 11) is 0. The summed E-state index contributed by atoms with van der Waals surface area (Å²) >= 11 is 0. The van der Waals surface area contributed by atoms with Crippen molar-refractivity contribution in [1.29, 1.82) is 0 Å². The third-order valence-corrected chi connectivity index (χ3v) is 4.38. The van der Waals surface area contributed by atoms with Crippen LogP contribution < -0.4 is 9.47 Å². The Balaban J connectivity index is 1.72. The fraction of sp³-hybridized carbons (Fsp3) is 0.263. The molecule has 2 aliphatic heterocycles. The second-order valence-electron chi connectivity index (χ2n) is 6.25. The van der Waals surface area contributed by atoms with Crippen LogP contribution in [0.2, 0.25) is 0 Å². The number of carbonyl (C=O) groups excluding carboxylic acids is 1. The lowest BCUT2D eigenvalue weighted by atomic mass is 10.0. The van der Waals surface area contributed by atoms with E-state index in [0.29, 0.717) is 36.4 Å². The molecule has 2 aromatic rings. The van der Waals surface area contributed by atoms with Gasteiger partial charge in [0, 0.05) is 25.0 Å². The highest BCUT2D eigenvalue weighted by molar-refractivity contribution is 6.15. The third-order valence-electron chi connectivity index (χ3n) is 4.38. The smallest absolute Gasteiger partial charge is 0.231 e. The Labute approximate surface area is 140 Å². The molecule has 0 amide bonds. The number of carbonyl (C=O) groups is 1. The topological polar surface area (TPSA) is 51.7 Å². The molecule has 1 aromatic heterocycles. The van der Waals surface area contributed by atoms with Crippen molar-refractivity contribution >= 4 is 11.9 Å². The van der Waals surface area contributed by atoms with Gasteiger partial charge in [-0.05, 0) is 49.8 Å². The van der Waals surface area contributed by atoms with E-state index in [4.69, 9.17) is 9.47 Å². The van der Waals surface area contributed by atoms with Crippen LogP contribution in [0.1, 0.15) is 35.3 Å². The van der Waals surface area contributed by atoms with Gasteiger partial charge in [0.15, 0.2) is 5.76 Å². The minimum atomic E-state index is -0.0914. The van der Waals surface area contributed by atoms with Gasteiger partial charge < -0.3 is 9.47 Å². The molecule has 0 saturated carbocycles. The quantitative estimate of drug-likeness (QED) is 0.794. The third kappa shape index (κ3) is 2.47. The highest BCUT2D eigenvalue weighted by Crippen LogP contribution is 2.42. The lowest BCUT2D eigenvalue weighted by molar-refractivity contribution is 0.0674. The molecule has 0 spiro atoms. The van der Waals surface area contributed by atoms with Crippen molar-refractivity contribution in [2.45, 2.75) is 26.4 Å². The predicted octanol–water partition coefficient (Wildman–Crippen LogP) is 3.26. The number of benzene rings is 1. The number of allylic oxidation sites excluding steroid dienone is 1. The first-order valence-corrected chi connectivity index (χ1v) is 8.00. The number of rotatable bonds is 2. The summed E-state index contributed by atoms with van der Waals surface area (Å²) in [6, 6.07) is 7.69. The summed E-state index contributed by atoms with van der Waals surface area (Å²) < 4.78 is 11.8. The zero-order chi connectivity index (χ0) is 16.7. The van der Waals surface area contributed by atoms with Gasteiger partial charge in [0.2, 0.25) is 5.78 Å². The van der Waals surface area contributed by atoms with Crippen molar-refractivity contribution in [3.63, 3.8) is 0 Å². The van der Waals surface area contributed by atoms with Crippen molar-refractivity contribution in [1.82, 2.24) is 9.88 Å². The van der Waals surface area contributed by atoms with E-state index in [-0.39, 0.29) is 5.78 Å². The zero-order valence-electron chi connectivity index (χ0n) is 13.7. The van der Waals surface area contributed by atoms with Gasteiger partial charge in [0.25, 0.3) is 0 Å². The Kier molecular flexibility index (Phi) is 3.58. The van der Waals surface area contributed by atoms with Crippen molar-refractivity contribution in [3.8, 4) is 11.5 Å². The largest absolute Gasteiger partial charge is 0.478 e. The van der Waals surface area contributed by atoms with Crippen molar-refractivity contribution in [2.75, 3.05) is 6.73 Å². The van der Waals surface area contributed by atoms with Crippen LogP contribution in [0.15, 0.2) is 42.4 Å². The normalized spacial score (nSPS) is 18.3. The van der Waals surface area contributed by atoms with Crippen LogP contribution >= 0.6 is 0 Å². The molecule has 5 heteroatoms. The van der Waals surface area contributed by atoms with Crippen molar-refractivity contribution in [2.24, 2.45) is 0 Å². The molecule has 24 heavy (non-hydrogen) atoms. The van der Waals surface area contributed by atoms with E-state index < -0.39 is 0 Å². The van der Waals surface area contributed by atoms with E-state index in [9.17, 15) is 4.79 Å². The molecule has 3 heterocycles. The number of hydrogen-bond acceptors (Lipinski definition) is 5. The fourth-order valence-electron chi connectivity index (χ4n) is 2.92. The number of aromatic nitrogens is 1. The number of fused-ring (bicyclic) bond motifs is 3. The standard InChI is InChI=1S/C19H18N2O3/c1-12(2)21-10-15-16(23-11-21)4-3-14-18(22)17(24-19(14)15)9-13-5-7-20-8-6-13/h3-9,12H,10-11H2,1-2H3/b17-9-. The predicted molar refractivity (Wildman–Crippen MR) is 89.8 cm³/mol. The summed E-state index contributed by atoms with van der Waals surface area (Å²) in [5.41, 5.74) is 2.43. The number of Topliss-reactive ketones (excluding diaryl/α,β-unsaturated/α-hetero) is 1. The summed E-state index contributed by atoms with van der Waals surface area (Å²) in [6.45, 7) is 5.51. The van der Waals surface area contributed by atoms with Crippen LogP contribution in [0.4, 0.5) is 0 Å². The number of nitrogens with zero attached hydrogens (tertiary/aromatic N) is 2. The molecule has 0 N–H and O–H groups in total. The minimum absolute atomic E-state index is 0.0914. The fourth-order valence-corrected chi connectivity index (χ4v) is 2.92. The number of ketones is 1. The maximum Gasteiger partial charge on any atom is 0.231 e. The van der Waals surface area contributed by atoms with Gasteiger partial charge in [0.1, 0.15) is 18.2 Å². The van der Waals surface area contributed by atoms with E-state index in [1.54, 1.807) is 24.5 Å². The first-order valence-electron chi connectivity index (χ1n) is 8.00. The highest BCUT2D eigenvalue weighted by Gasteiger charge is 2.33. The molecule has 0 unspecified atom stereocenters. The Morgan fingerprint density at radius 2 is 2.00 bits per heavy atom. The maximum atomic E-state index is 12.6. The summed E-state index contributed by atoms with van der Waals surface area (Å²) in [5.74, 6) is 1.67. The summed E-state index contributed by atoms with van der Waals surface area (Å²) in [5, 5.41) is 0. The average molecular weight is 322 g/mol. The molecule has 0 bridgehead atoms. The Morgan fingerprint density at radius 3 is 2.75 bits per heavy atom.